The molecule has 0 saturated carbocycles. The summed E-state index contributed by atoms with van der Waals surface area (Å²) >= 11 is 0. The fraction of sp³-hybridized carbons (Fsp3) is 0.571. The van der Waals surface area contributed by atoms with Gasteiger partial charge in [-0.1, -0.05) is 18.6 Å². The zero-order valence-corrected chi connectivity index (χ0v) is 17.4. The summed E-state index contributed by atoms with van der Waals surface area (Å²) in [7, 11) is 2.09. The molecule has 1 aromatic rings. The van der Waals surface area contributed by atoms with Crippen molar-refractivity contribution in [1.82, 2.24) is 19.7 Å². The summed E-state index contributed by atoms with van der Waals surface area (Å²) in [6.45, 7) is 8.14. The topological polar surface area (TPSA) is 68.7 Å². The van der Waals surface area contributed by atoms with Gasteiger partial charge >= 0.3 is 6.03 Å². The predicted molar refractivity (Wildman–Crippen MR) is 110 cm³/mol. The molecule has 2 fully saturated rings. The van der Waals surface area contributed by atoms with Crippen LogP contribution in [-0.4, -0.2) is 89.9 Å². The summed E-state index contributed by atoms with van der Waals surface area (Å²) in [6, 6.07) is 5.62. The fourth-order valence-corrected chi connectivity index (χ4v) is 4.24. The van der Waals surface area contributed by atoms with Gasteiger partial charge in [0.2, 0.25) is 0 Å². The molecule has 0 bridgehead atoms. The lowest BCUT2D eigenvalue weighted by atomic mass is 10.0. The molecule has 0 N–H and O–H groups in total. The fourth-order valence-electron chi connectivity index (χ4n) is 4.24. The lowest BCUT2D eigenvalue weighted by Gasteiger charge is -2.40. The number of carbonyl (C=O) groups is 2. The molecule has 156 valence electrons. The molecule has 0 spiro atoms. The average molecular weight is 399 g/mol. The van der Waals surface area contributed by atoms with E-state index in [1.165, 1.54) is 9.91 Å². The summed E-state index contributed by atoms with van der Waals surface area (Å²) in [6.07, 6.45) is 1.11. The third kappa shape index (κ3) is 3.86. The highest BCUT2D eigenvalue weighted by atomic mass is 16.5. The van der Waals surface area contributed by atoms with Crippen LogP contribution in [0.4, 0.5) is 4.79 Å². The quantitative estimate of drug-likeness (QED) is 0.722. The summed E-state index contributed by atoms with van der Waals surface area (Å²) < 4.78 is 5.71. The molecule has 1 unspecified atom stereocenters. The first-order valence-electron chi connectivity index (χ1n) is 10.4. The molecule has 0 radical (unpaired) electrons. The van der Waals surface area contributed by atoms with Crippen molar-refractivity contribution in [3.05, 3.63) is 29.3 Å². The van der Waals surface area contributed by atoms with Gasteiger partial charge in [-0.3, -0.25) is 9.69 Å². The first-order chi connectivity index (χ1) is 14.0. The smallest absolute Gasteiger partial charge is 0.349 e. The number of ether oxygens (including phenoxy) is 1. The summed E-state index contributed by atoms with van der Waals surface area (Å²) in [4.78, 5) is 31.8. The van der Waals surface area contributed by atoms with Crippen molar-refractivity contribution in [2.45, 2.75) is 32.9 Å². The van der Waals surface area contributed by atoms with Crippen molar-refractivity contribution in [3.63, 3.8) is 0 Å². The molecule has 0 aliphatic carbocycles. The maximum Gasteiger partial charge on any atom is 0.349 e. The number of amides is 3. The lowest BCUT2D eigenvalue weighted by molar-refractivity contribution is -0.130. The molecule has 8 nitrogen and oxygen atoms in total. The molecule has 2 saturated heterocycles. The molecular formula is C21H29N5O3. The minimum Gasteiger partial charge on any atom is -0.492 e. The molecular weight excluding hydrogens is 370 g/mol. The number of benzene rings is 1. The Balaban J connectivity index is 1.56. The normalized spacial score (nSPS) is 23.5. The molecule has 1 atom stereocenters. The van der Waals surface area contributed by atoms with E-state index in [1.807, 2.05) is 32.0 Å². The van der Waals surface area contributed by atoms with Crippen LogP contribution in [-0.2, 0) is 4.79 Å². The van der Waals surface area contributed by atoms with E-state index >= 15 is 0 Å². The number of likely N-dealkylation sites (N-methyl/N-ethyl adjacent to an activating group) is 1. The van der Waals surface area contributed by atoms with Gasteiger partial charge in [0.05, 0.1) is 18.5 Å². The van der Waals surface area contributed by atoms with Crippen LogP contribution in [0.25, 0.3) is 0 Å². The van der Waals surface area contributed by atoms with Crippen LogP contribution in [0.3, 0.4) is 0 Å². The molecule has 1 aromatic carbocycles. The van der Waals surface area contributed by atoms with Crippen LogP contribution in [0.2, 0.25) is 0 Å². The number of urea groups is 1. The van der Waals surface area contributed by atoms with Crippen LogP contribution in [0.1, 0.15) is 30.9 Å². The average Bonchev–Trinajstić information content (AvgIpc) is 2.98. The van der Waals surface area contributed by atoms with E-state index in [0.29, 0.717) is 19.4 Å². The van der Waals surface area contributed by atoms with Gasteiger partial charge in [-0.25, -0.2) is 14.7 Å². The van der Waals surface area contributed by atoms with Gasteiger partial charge in [0.1, 0.15) is 12.3 Å². The van der Waals surface area contributed by atoms with Crippen molar-refractivity contribution >= 4 is 17.6 Å². The highest BCUT2D eigenvalue weighted by Crippen LogP contribution is 2.28. The Kier molecular flexibility index (Phi) is 5.56. The number of imide groups is 1. The minimum atomic E-state index is -0.325. The standard InChI is InChI=1S/C21H29N5O3/c1-4-19(24-10-8-23(3)9-11-24)26-20(27)14-25(21(26)28)22-17-7-12-29-18-6-5-15(2)13-16(17)18/h5-6,13,19H,4,7-12,14H2,1-3H3/b22-17+. The van der Waals surface area contributed by atoms with Gasteiger partial charge in [-0.05, 0) is 32.5 Å². The number of hydrazone groups is 1. The molecule has 3 aliphatic heterocycles. The van der Waals surface area contributed by atoms with Crippen LogP contribution < -0.4 is 4.74 Å². The Labute approximate surface area is 171 Å². The summed E-state index contributed by atoms with van der Waals surface area (Å²) in [5, 5.41) is 5.93. The van der Waals surface area contributed by atoms with Gasteiger partial charge in [0, 0.05) is 38.2 Å². The number of hydrogen-bond donors (Lipinski definition) is 0. The first-order valence-corrected chi connectivity index (χ1v) is 10.4. The van der Waals surface area contributed by atoms with E-state index in [9.17, 15) is 9.59 Å². The van der Waals surface area contributed by atoms with Gasteiger partial charge in [-0.2, -0.15) is 5.10 Å². The number of piperazine rings is 1. The van der Waals surface area contributed by atoms with E-state index in [4.69, 9.17) is 4.74 Å². The van der Waals surface area contributed by atoms with Crippen molar-refractivity contribution in [2.24, 2.45) is 5.10 Å². The van der Waals surface area contributed by atoms with E-state index < -0.39 is 0 Å². The number of carbonyl (C=O) groups excluding carboxylic acids is 2. The second kappa shape index (κ2) is 8.12. The molecule has 3 aliphatic rings. The second-order valence-electron chi connectivity index (χ2n) is 7.98. The third-order valence-corrected chi connectivity index (χ3v) is 5.89. The lowest BCUT2D eigenvalue weighted by Crippen LogP contribution is -2.56. The van der Waals surface area contributed by atoms with Crippen molar-refractivity contribution in [1.29, 1.82) is 0 Å². The Morgan fingerprint density at radius 3 is 2.66 bits per heavy atom. The highest BCUT2D eigenvalue weighted by molar-refractivity contribution is 6.06. The zero-order chi connectivity index (χ0) is 20.5. The van der Waals surface area contributed by atoms with Crippen molar-refractivity contribution < 1.29 is 14.3 Å². The van der Waals surface area contributed by atoms with Crippen LogP contribution in [0, 0.1) is 6.92 Å². The summed E-state index contributed by atoms with van der Waals surface area (Å²) in [5.41, 5.74) is 2.81. The number of aryl methyl sites for hydroxylation is 1. The predicted octanol–water partition coefficient (Wildman–Crippen LogP) is 1.73. The number of hydrogen-bond acceptors (Lipinski definition) is 6. The molecule has 29 heavy (non-hydrogen) atoms. The molecule has 3 heterocycles. The molecule has 4 rings (SSSR count). The Morgan fingerprint density at radius 1 is 1.17 bits per heavy atom. The Hall–Kier alpha value is -2.45. The molecule has 0 aromatic heterocycles. The van der Waals surface area contributed by atoms with E-state index in [1.54, 1.807) is 0 Å². The Bertz CT molecular complexity index is 832. The van der Waals surface area contributed by atoms with Gasteiger partial charge in [0.25, 0.3) is 5.91 Å². The maximum absolute atomic E-state index is 13.1. The number of nitrogens with zero attached hydrogens (tertiary/aromatic N) is 5. The van der Waals surface area contributed by atoms with Crippen molar-refractivity contribution in [2.75, 3.05) is 46.4 Å². The van der Waals surface area contributed by atoms with E-state index in [2.05, 4.69) is 21.9 Å². The maximum atomic E-state index is 13.1. The zero-order valence-electron chi connectivity index (χ0n) is 17.4. The third-order valence-electron chi connectivity index (χ3n) is 5.89. The molecule has 3 amide bonds. The number of rotatable bonds is 4. The van der Waals surface area contributed by atoms with Gasteiger partial charge in [0.15, 0.2) is 0 Å². The highest BCUT2D eigenvalue weighted by Gasteiger charge is 2.43. The van der Waals surface area contributed by atoms with Gasteiger partial charge < -0.3 is 9.64 Å². The minimum absolute atomic E-state index is 0.00537. The Morgan fingerprint density at radius 2 is 1.93 bits per heavy atom. The van der Waals surface area contributed by atoms with Gasteiger partial charge in [-0.15, -0.1) is 0 Å². The van der Waals surface area contributed by atoms with Crippen LogP contribution in [0.5, 0.6) is 5.75 Å². The monoisotopic (exact) mass is 399 g/mol. The van der Waals surface area contributed by atoms with Crippen LogP contribution in [0.15, 0.2) is 23.3 Å². The first kappa shape index (κ1) is 19.8. The van der Waals surface area contributed by atoms with Crippen LogP contribution >= 0.6 is 0 Å². The SMILES string of the molecule is CCC(N1CCN(C)CC1)N1C(=O)CN(/N=C2\CCOc3ccc(C)cc32)C1=O. The second-order valence-corrected chi connectivity index (χ2v) is 7.98. The largest absolute Gasteiger partial charge is 0.492 e. The van der Waals surface area contributed by atoms with E-state index in [0.717, 1.165) is 48.8 Å². The number of fused-ring (bicyclic) bond motifs is 1. The molecule has 8 heteroatoms. The van der Waals surface area contributed by atoms with Crippen molar-refractivity contribution in [3.8, 4) is 5.75 Å². The van der Waals surface area contributed by atoms with E-state index in [-0.39, 0.29) is 24.6 Å². The summed E-state index contributed by atoms with van der Waals surface area (Å²) in [5.74, 6) is 0.598.